The average Bonchev–Trinajstić information content (AvgIpc) is 2.64. The van der Waals surface area contributed by atoms with E-state index in [0.29, 0.717) is 11.4 Å². The number of amides is 1. The first-order valence-electron chi connectivity index (χ1n) is 7.75. The van der Waals surface area contributed by atoms with Crippen molar-refractivity contribution in [3.63, 3.8) is 0 Å². The predicted octanol–water partition coefficient (Wildman–Crippen LogP) is 3.46. The molecule has 0 bridgehead atoms. The summed E-state index contributed by atoms with van der Waals surface area (Å²) in [5.41, 5.74) is 0.813. The minimum absolute atomic E-state index is 0.215. The van der Waals surface area contributed by atoms with E-state index in [1.165, 1.54) is 30.5 Å². The third kappa shape index (κ3) is 4.92. The lowest BCUT2D eigenvalue weighted by Gasteiger charge is -2.09. The highest BCUT2D eigenvalue weighted by atomic mass is 19.1. The molecule has 0 spiro atoms. The number of rotatable bonds is 6. The van der Waals surface area contributed by atoms with Gasteiger partial charge in [0.05, 0.1) is 17.9 Å². The van der Waals surface area contributed by atoms with Crippen molar-refractivity contribution in [2.75, 3.05) is 17.2 Å². The van der Waals surface area contributed by atoms with Gasteiger partial charge >= 0.3 is 5.97 Å². The van der Waals surface area contributed by atoms with Crippen LogP contribution in [0, 0.1) is 17.1 Å². The van der Waals surface area contributed by atoms with E-state index in [9.17, 15) is 19.2 Å². The fraction of sp³-hybridized carbons (Fsp3) is 0.105. The van der Waals surface area contributed by atoms with Crippen LogP contribution in [0.25, 0.3) is 0 Å². The molecule has 2 aromatic rings. The molecule has 0 heterocycles. The Morgan fingerprint density at radius 3 is 2.54 bits per heavy atom. The molecule has 26 heavy (non-hydrogen) atoms. The molecule has 0 saturated heterocycles. The number of esters is 1. The van der Waals surface area contributed by atoms with Gasteiger partial charge in [-0.15, -0.1) is 0 Å². The standard InChI is InChI=1S/C19H16FN3O3/c1-2-26-19(25)16-5-3-4-6-17(16)22-12-13(11-21)18(24)23-15-9-7-14(20)8-10-15/h3-10,12,22H,2H2,1H3,(H,23,24)/b13-12-. The van der Waals surface area contributed by atoms with Crippen LogP contribution in [0.2, 0.25) is 0 Å². The molecule has 2 aromatic carbocycles. The van der Waals surface area contributed by atoms with Crippen LogP contribution in [0.15, 0.2) is 60.3 Å². The van der Waals surface area contributed by atoms with Crippen LogP contribution in [-0.2, 0) is 9.53 Å². The lowest BCUT2D eigenvalue weighted by atomic mass is 10.1. The van der Waals surface area contributed by atoms with E-state index in [1.807, 2.05) is 0 Å². The van der Waals surface area contributed by atoms with Crippen LogP contribution >= 0.6 is 0 Å². The Hall–Kier alpha value is -3.66. The molecule has 0 aromatic heterocycles. The molecular formula is C19H16FN3O3. The highest BCUT2D eigenvalue weighted by Gasteiger charge is 2.13. The lowest BCUT2D eigenvalue weighted by molar-refractivity contribution is -0.112. The van der Waals surface area contributed by atoms with Crippen molar-refractivity contribution in [1.82, 2.24) is 0 Å². The van der Waals surface area contributed by atoms with E-state index in [-0.39, 0.29) is 17.7 Å². The number of carbonyl (C=O) groups excluding carboxylic acids is 2. The molecule has 0 fully saturated rings. The zero-order valence-corrected chi connectivity index (χ0v) is 14.0. The molecule has 1 amide bonds. The number of para-hydroxylation sites is 1. The van der Waals surface area contributed by atoms with Crippen LogP contribution in [-0.4, -0.2) is 18.5 Å². The monoisotopic (exact) mass is 353 g/mol. The second-order valence-electron chi connectivity index (χ2n) is 5.04. The van der Waals surface area contributed by atoms with E-state index >= 15 is 0 Å². The predicted molar refractivity (Wildman–Crippen MR) is 94.7 cm³/mol. The first-order chi connectivity index (χ1) is 12.5. The van der Waals surface area contributed by atoms with E-state index in [4.69, 9.17) is 4.74 Å². The summed E-state index contributed by atoms with van der Waals surface area (Å²) in [5.74, 6) is -1.62. The molecule has 0 aliphatic carbocycles. The highest BCUT2D eigenvalue weighted by Crippen LogP contribution is 2.17. The van der Waals surface area contributed by atoms with Gasteiger partial charge in [0.2, 0.25) is 0 Å². The smallest absolute Gasteiger partial charge is 0.340 e. The number of ether oxygens (including phenoxy) is 1. The number of anilines is 2. The van der Waals surface area contributed by atoms with Crippen molar-refractivity contribution >= 4 is 23.3 Å². The van der Waals surface area contributed by atoms with Crippen molar-refractivity contribution in [1.29, 1.82) is 5.26 Å². The summed E-state index contributed by atoms with van der Waals surface area (Å²) in [6.45, 7) is 1.92. The third-order valence-corrected chi connectivity index (χ3v) is 3.26. The molecule has 0 aliphatic heterocycles. The Kier molecular flexibility index (Phi) is 6.46. The van der Waals surface area contributed by atoms with E-state index in [1.54, 1.807) is 37.3 Å². The molecule has 0 saturated carbocycles. The summed E-state index contributed by atoms with van der Waals surface area (Å²) in [5, 5.41) is 14.4. The van der Waals surface area contributed by atoms with Crippen LogP contribution in [0.5, 0.6) is 0 Å². The average molecular weight is 353 g/mol. The Balaban J connectivity index is 2.14. The van der Waals surface area contributed by atoms with Gasteiger partial charge < -0.3 is 15.4 Å². The number of halogens is 1. The quantitative estimate of drug-likeness (QED) is 0.471. The van der Waals surface area contributed by atoms with Gasteiger partial charge in [-0.05, 0) is 43.3 Å². The molecule has 132 valence electrons. The van der Waals surface area contributed by atoms with Crippen molar-refractivity contribution in [3.05, 3.63) is 71.7 Å². The largest absolute Gasteiger partial charge is 0.462 e. The second kappa shape index (κ2) is 8.99. The topological polar surface area (TPSA) is 91.2 Å². The van der Waals surface area contributed by atoms with E-state index in [0.717, 1.165) is 0 Å². The maximum Gasteiger partial charge on any atom is 0.340 e. The van der Waals surface area contributed by atoms with Crippen molar-refractivity contribution in [3.8, 4) is 6.07 Å². The van der Waals surface area contributed by atoms with Crippen molar-refractivity contribution < 1.29 is 18.7 Å². The summed E-state index contributed by atoms with van der Waals surface area (Å²) in [4.78, 5) is 24.1. The fourth-order valence-electron chi connectivity index (χ4n) is 2.03. The summed E-state index contributed by atoms with van der Waals surface area (Å²) in [7, 11) is 0. The summed E-state index contributed by atoms with van der Waals surface area (Å²) >= 11 is 0. The van der Waals surface area contributed by atoms with Crippen LogP contribution in [0.4, 0.5) is 15.8 Å². The molecule has 0 atom stereocenters. The van der Waals surface area contributed by atoms with Gasteiger partial charge in [0.25, 0.3) is 5.91 Å². The Morgan fingerprint density at radius 2 is 1.88 bits per heavy atom. The molecule has 2 N–H and O–H groups in total. The number of nitrogens with zero attached hydrogens (tertiary/aromatic N) is 1. The molecule has 0 unspecified atom stereocenters. The van der Waals surface area contributed by atoms with E-state index < -0.39 is 17.7 Å². The zero-order valence-electron chi connectivity index (χ0n) is 14.0. The van der Waals surface area contributed by atoms with Gasteiger partial charge in [-0.3, -0.25) is 4.79 Å². The fourth-order valence-corrected chi connectivity index (χ4v) is 2.03. The van der Waals surface area contributed by atoms with Gasteiger partial charge in [0, 0.05) is 11.9 Å². The van der Waals surface area contributed by atoms with Gasteiger partial charge in [-0.25, -0.2) is 9.18 Å². The molecule has 0 aliphatic rings. The van der Waals surface area contributed by atoms with Crippen LogP contribution in [0.1, 0.15) is 17.3 Å². The third-order valence-electron chi connectivity index (χ3n) is 3.26. The first kappa shape index (κ1) is 18.7. The SMILES string of the molecule is CCOC(=O)c1ccccc1N/C=C(/C#N)C(=O)Nc1ccc(F)cc1. The molecule has 0 radical (unpaired) electrons. The maximum absolute atomic E-state index is 12.9. The minimum Gasteiger partial charge on any atom is -0.462 e. The Labute approximate surface area is 149 Å². The minimum atomic E-state index is -0.666. The number of nitrogens with one attached hydrogen (secondary N) is 2. The Morgan fingerprint density at radius 1 is 1.19 bits per heavy atom. The molecule has 7 heteroatoms. The number of carbonyl (C=O) groups is 2. The first-order valence-corrected chi connectivity index (χ1v) is 7.75. The van der Waals surface area contributed by atoms with Crippen molar-refractivity contribution in [2.24, 2.45) is 0 Å². The molecular weight excluding hydrogens is 337 g/mol. The Bertz CT molecular complexity index is 870. The van der Waals surface area contributed by atoms with Gasteiger partial charge in [0.1, 0.15) is 17.5 Å². The van der Waals surface area contributed by atoms with Crippen LogP contribution in [0.3, 0.4) is 0 Å². The second-order valence-corrected chi connectivity index (χ2v) is 5.04. The van der Waals surface area contributed by atoms with Gasteiger partial charge in [0.15, 0.2) is 0 Å². The number of benzene rings is 2. The highest BCUT2D eigenvalue weighted by molar-refractivity contribution is 6.07. The van der Waals surface area contributed by atoms with E-state index in [2.05, 4.69) is 10.6 Å². The summed E-state index contributed by atoms with van der Waals surface area (Å²) in [6, 6.07) is 13.5. The normalized spacial score (nSPS) is 10.6. The molecule has 2 rings (SSSR count). The zero-order chi connectivity index (χ0) is 18.9. The lowest BCUT2D eigenvalue weighted by Crippen LogP contribution is -2.15. The van der Waals surface area contributed by atoms with Gasteiger partial charge in [-0.2, -0.15) is 5.26 Å². The van der Waals surface area contributed by atoms with Crippen LogP contribution < -0.4 is 10.6 Å². The van der Waals surface area contributed by atoms with Crippen molar-refractivity contribution in [2.45, 2.75) is 6.92 Å². The maximum atomic E-state index is 12.9. The summed E-state index contributed by atoms with van der Waals surface area (Å²) < 4.78 is 17.9. The number of hydrogen-bond donors (Lipinski definition) is 2. The number of nitriles is 1. The summed E-state index contributed by atoms with van der Waals surface area (Å²) in [6.07, 6.45) is 1.19. The van der Waals surface area contributed by atoms with Gasteiger partial charge in [-0.1, -0.05) is 12.1 Å². The molecule has 6 nitrogen and oxygen atoms in total. The number of hydrogen-bond acceptors (Lipinski definition) is 5.